The van der Waals surface area contributed by atoms with E-state index < -0.39 is 4.92 Å². The first-order chi connectivity index (χ1) is 15.5. The highest BCUT2D eigenvalue weighted by Gasteiger charge is 2.13. The third-order valence-corrected chi connectivity index (χ3v) is 6.15. The maximum atomic E-state index is 11.0. The molecule has 7 nitrogen and oxygen atoms in total. The van der Waals surface area contributed by atoms with E-state index in [0.717, 1.165) is 10.2 Å². The van der Waals surface area contributed by atoms with Crippen LogP contribution in [0.4, 0.5) is 11.4 Å². The summed E-state index contributed by atoms with van der Waals surface area (Å²) in [6.07, 6.45) is 1.51. The number of thiazole rings is 1. The highest BCUT2D eigenvalue weighted by Crippen LogP contribution is 2.37. The molecule has 0 atom stereocenters. The van der Waals surface area contributed by atoms with E-state index >= 15 is 0 Å². The Hall–Kier alpha value is -4.30. The molecule has 0 amide bonds. The van der Waals surface area contributed by atoms with Crippen molar-refractivity contribution in [3.05, 3.63) is 88.5 Å². The predicted octanol–water partition coefficient (Wildman–Crippen LogP) is 6.19. The summed E-state index contributed by atoms with van der Waals surface area (Å²) in [4.78, 5) is 19.7. The van der Waals surface area contributed by atoms with Crippen molar-refractivity contribution < 1.29 is 15.1 Å². The van der Waals surface area contributed by atoms with Gasteiger partial charge in [0.1, 0.15) is 16.5 Å². The first-order valence-corrected chi connectivity index (χ1v) is 10.4. The number of para-hydroxylation sites is 1. The molecule has 5 aromatic rings. The molecule has 0 bridgehead atoms. The van der Waals surface area contributed by atoms with Crippen molar-refractivity contribution >= 4 is 49.9 Å². The van der Waals surface area contributed by atoms with Crippen molar-refractivity contribution in [1.82, 2.24) is 4.98 Å². The van der Waals surface area contributed by atoms with Gasteiger partial charge in [0.15, 0.2) is 0 Å². The van der Waals surface area contributed by atoms with E-state index in [0.29, 0.717) is 32.6 Å². The number of aliphatic imine (C=N–C) groups is 1. The summed E-state index contributed by atoms with van der Waals surface area (Å²) < 4.78 is 1.02. The van der Waals surface area contributed by atoms with Crippen molar-refractivity contribution in [3.8, 4) is 22.1 Å². The molecule has 0 aliphatic rings. The molecule has 1 aromatic heterocycles. The first kappa shape index (κ1) is 19.7. The van der Waals surface area contributed by atoms with Crippen LogP contribution in [0.3, 0.4) is 0 Å². The van der Waals surface area contributed by atoms with Crippen LogP contribution in [0, 0.1) is 10.1 Å². The second-order valence-corrected chi connectivity index (χ2v) is 8.14. The lowest BCUT2D eigenvalue weighted by molar-refractivity contribution is -0.384. The van der Waals surface area contributed by atoms with E-state index in [1.165, 1.54) is 35.8 Å². The number of rotatable bonds is 4. The number of nitro groups is 1. The van der Waals surface area contributed by atoms with Gasteiger partial charge < -0.3 is 10.2 Å². The fraction of sp³-hybridized carbons (Fsp3) is 0. The number of phenolic OH excluding ortho intramolecular Hbond substituents is 2. The van der Waals surface area contributed by atoms with Gasteiger partial charge in [-0.1, -0.05) is 18.2 Å². The van der Waals surface area contributed by atoms with E-state index in [9.17, 15) is 20.3 Å². The number of nitrogens with zero attached hydrogens (tertiary/aromatic N) is 3. The van der Waals surface area contributed by atoms with Gasteiger partial charge in [-0.2, -0.15) is 0 Å². The molecule has 8 heteroatoms. The number of aromatic hydroxyl groups is 2. The molecule has 0 aliphatic carbocycles. The fourth-order valence-corrected chi connectivity index (χ4v) is 4.47. The van der Waals surface area contributed by atoms with Crippen LogP contribution in [0.25, 0.3) is 31.6 Å². The Bertz CT molecular complexity index is 1510. The smallest absolute Gasteiger partial charge is 0.270 e. The largest absolute Gasteiger partial charge is 0.507 e. The van der Waals surface area contributed by atoms with Crippen molar-refractivity contribution in [2.45, 2.75) is 0 Å². The Morgan fingerprint density at radius 3 is 2.59 bits per heavy atom. The lowest BCUT2D eigenvalue weighted by atomic mass is 10.0. The lowest BCUT2D eigenvalue weighted by Gasteiger charge is -2.06. The van der Waals surface area contributed by atoms with Gasteiger partial charge in [-0.25, -0.2) is 4.98 Å². The summed E-state index contributed by atoms with van der Waals surface area (Å²) >= 11 is 1.48. The van der Waals surface area contributed by atoms with Crippen molar-refractivity contribution in [2.75, 3.05) is 0 Å². The van der Waals surface area contributed by atoms with Gasteiger partial charge in [0.05, 0.1) is 26.4 Å². The molecule has 2 N–H and O–H groups in total. The van der Waals surface area contributed by atoms with Crippen molar-refractivity contribution in [3.63, 3.8) is 0 Å². The van der Waals surface area contributed by atoms with Crippen molar-refractivity contribution in [2.24, 2.45) is 4.99 Å². The zero-order valence-electron chi connectivity index (χ0n) is 16.5. The van der Waals surface area contributed by atoms with Crippen LogP contribution in [0.2, 0.25) is 0 Å². The highest BCUT2D eigenvalue weighted by atomic mass is 32.1. The zero-order chi connectivity index (χ0) is 22.2. The van der Waals surface area contributed by atoms with Gasteiger partial charge in [0.2, 0.25) is 0 Å². The summed E-state index contributed by atoms with van der Waals surface area (Å²) in [6, 6.07) is 20.3. The molecule has 0 unspecified atom stereocenters. The van der Waals surface area contributed by atoms with Crippen LogP contribution in [-0.2, 0) is 0 Å². The van der Waals surface area contributed by atoms with Crippen LogP contribution in [-0.4, -0.2) is 26.3 Å². The minimum atomic E-state index is -0.458. The Labute approximate surface area is 185 Å². The number of phenols is 2. The average Bonchev–Trinajstić information content (AvgIpc) is 3.23. The molecule has 0 saturated carbocycles. The molecule has 0 radical (unpaired) electrons. The Balaban J connectivity index is 1.55. The molecule has 0 saturated heterocycles. The monoisotopic (exact) mass is 441 g/mol. The second-order valence-electron chi connectivity index (χ2n) is 7.11. The zero-order valence-corrected chi connectivity index (χ0v) is 17.3. The quantitative estimate of drug-likeness (QED) is 0.196. The van der Waals surface area contributed by atoms with Crippen LogP contribution >= 0.6 is 11.3 Å². The molecule has 0 aliphatic heterocycles. The number of benzene rings is 4. The van der Waals surface area contributed by atoms with Gasteiger partial charge in [0.25, 0.3) is 5.69 Å². The number of nitro benzene ring substituents is 1. The molecule has 5 rings (SSSR count). The first-order valence-electron chi connectivity index (χ1n) is 9.63. The summed E-state index contributed by atoms with van der Waals surface area (Å²) in [7, 11) is 0. The molecule has 1 heterocycles. The SMILES string of the molecule is O=[N+]([O-])c1ccc2c(C=Nc3ccc(O)c(-c4nc5ccccc5s4)c3)c(O)ccc2c1. The Morgan fingerprint density at radius 2 is 1.78 bits per heavy atom. The van der Waals surface area contributed by atoms with Crippen molar-refractivity contribution in [1.29, 1.82) is 0 Å². The van der Waals surface area contributed by atoms with E-state index in [4.69, 9.17) is 0 Å². The number of hydrogen-bond donors (Lipinski definition) is 2. The van der Waals surface area contributed by atoms with Crippen LogP contribution in [0.5, 0.6) is 11.5 Å². The maximum Gasteiger partial charge on any atom is 0.270 e. The number of aromatic nitrogens is 1. The molecular weight excluding hydrogens is 426 g/mol. The Kier molecular flexibility index (Phi) is 4.76. The van der Waals surface area contributed by atoms with Gasteiger partial charge in [-0.15, -0.1) is 11.3 Å². The fourth-order valence-electron chi connectivity index (χ4n) is 3.48. The molecular formula is C24H15N3O4S. The normalized spacial score (nSPS) is 11.5. The van der Waals surface area contributed by atoms with Crippen LogP contribution in [0.1, 0.15) is 5.56 Å². The average molecular weight is 441 g/mol. The van der Waals surface area contributed by atoms with E-state index in [1.54, 1.807) is 30.3 Å². The van der Waals surface area contributed by atoms with Gasteiger partial charge >= 0.3 is 0 Å². The van der Waals surface area contributed by atoms with Crippen LogP contribution < -0.4 is 0 Å². The maximum absolute atomic E-state index is 11.0. The topological polar surface area (TPSA) is 109 Å². The van der Waals surface area contributed by atoms with Gasteiger partial charge in [-0.05, 0) is 53.2 Å². The molecule has 0 spiro atoms. The predicted molar refractivity (Wildman–Crippen MR) is 126 cm³/mol. The summed E-state index contributed by atoms with van der Waals surface area (Å²) in [6.45, 7) is 0. The lowest BCUT2D eigenvalue weighted by Crippen LogP contribution is -1.90. The summed E-state index contributed by atoms with van der Waals surface area (Å²) in [5, 5.41) is 33.7. The second kappa shape index (κ2) is 7.75. The van der Waals surface area contributed by atoms with E-state index in [-0.39, 0.29) is 17.2 Å². The summed E-state index contributed by atoms with van der Waals surface area (Å²) in [5.74, 6) is 0.114. The Morgan fingerprint density at radius 1 is 0.969 bits per heavy atom. The van der Waals surface area contributed by atoms with Gasteiger partial charge in [0, 0.05) is 23.9 Å². The third kappa shape index (κ3) is 3.52. The van der Waals surface area contributed by atoms with Gasteiger partial charge in [-0.3, -0.25) is 15.1 Å². The van der Waals surface area contributed by atoms with Crippen LogP contribution in [0.15, 0.2) is 77.8 Å². The third-order valence-electron chi connectivity index (χ3n) is 5.08. The number of fused-ring (bicyclic) bond motifs is 2. The molecule has 32 heavy (non-hydrogen) atoms. The standard InChI is InChI=1S/C24H15N3O4S/c28-21-10-6-15(12-18(21)24-26-20-3-1-2-4-23(20)32-24)25-13-19-17-8-7-16(27(30)31)11-14(17)5-9-22(19)29/h1-13,28-29H. The minimum absolute atomic E-state index is 0.0141. The minimum Gasteiger partial charge on any atom is -0.507 e. The molecule has 156 valence electrons. The van der Waals surface area contributed by atoms with E-state index in [2.05, 4.69) is 9.98 Å². The van der Waals surface area contributed by atoms with E-state index in [1.807, 2.05) is 24.3 Å². The number of hydrogen-bond acceptors (Lipinski definition) is 7. The summed E-state index contributed by atoms with van der Waals surface area (Å²) in [5.41, 5.74) is 2.42. The molecule has 0 fully saturated rings. The highest BCUT2D eigenvalue weighted by molar-refractivity contribution is 7.21. The number of non-ortho nitro benzene ring substituents is 1. The molecule has 4 aromatic carbocycles.